The van der Waals surface area contributed by atoms with Crippen LogP contribution in [0.3, 0.4) is 0 Å². The highest BCUT2D eigenvalue weighted by Gasteiger charge is 2.15. The highest BCUT2D eigenvalue weighted by molar-refractivity contribution is 9.10. The highest BCUT2D eigenvalue weighted by atomic mass is 79.9. The summed E-state index contributed by atoms with van der Waals surface area (Å²) >= 11 is 3.46. The summed E-state index contributed by atoms with van der Waals surface area (Å²) in [5, 5.41) is 13.3. The van der Waals surface area contributed by atoms with Crippen molar-refractivity contribution < 1.29 is 14.6 Å². The van der Waals surface area contributed by atoms with Gasteiger partial charge in [-0.05, 0) is 23.6 Å². The van der Waals surface area contributed by atoms with Crippen molar-refractivity contribution >= 4 is 21.9 Å². The number of methoxy groups -OCH3 is 1. The van der Waals surface area contributed by atoms with Crippen molar-refractivity contribution in [2.24, 2.45) is 5.92 Å². The molecule has 0 saturated carbocycles. The van der Waals surface area contributed by atoms with Gasteiger partial charge in [-0.15, -0.1) is 0 Å². The number of esters is 1. The molecule has 1 aromatic rings. The van der Waals surface area contributed by atoms with Crippen LogP contribution in [0, 0.1) is 5.92 Å². The van der Waals surface area contributed by atoms with Crippen LogP contribution in [0.15, 0.2) is 22.7 Å². The van der Waals surface area contributed by atoms with E-state index in [4.69, 9.17) is 0 Å². The zero-order valence-electron chi connectivity index (χ0n) is 12.9. The van der Waals surface area contributed by atoms with E-state index in [1.807, 2.05) is 6.07 Å². The van der Waals surface area contributed by atoms with Crippen molar-refractivity contribution in [3.05, 3.63) is 33.8 Å². The van der Waals surface area contributed by atoms with Crippen molar-refractivity contribution in [2.45, 2.75) is 39.3 Å². The van der Waals surface area contributed by atoms with Gasteiger partial charge in [0.05, 0.1) is 18.8 Å². The van der Waals surface area contributed by atoms with Crippen LogP contribution in [0.5, 0.6) is 0 Å². The third-order valence-electron chi connectivity index (χ3n) is 3.74. The van der Waals surface area contributed by atoms with E-state index >= 15 is 0 Å². The van der Waals surface area contributed by atoms with Crippen LogP contribution in [-0.4, -0.2) is 30.8 Å². The first-order valence-corrected chi connectivity index (χ1v) is 8.08. The lowest BCUT2D eigenvalue weighted by atomic mass is 9.96. The van der Waals surface area contributed by atoms with Gasteiger partial charge in [-0.2, -0.15) is 0 Å². The predicted molar refractivity (Wildman–Crippen MR) is 87.3 cm³/mol. The van der Waals surface area contributed by atoms with Crippen molar-refractivity contribution in [1.82, 2.24) is 5.32 Å². The van der Waals surface area contributed by atoms with Gasteiger partial charge >= 0.3 is 5.97 Å². The van der Waals surface area contributed by atoms with Crippen molar-refractivity contribution in [3.8, 4) is 0 Å². The first kappa shape index (κ1) is 18.1. The van der Waals surface area contributed by atoms with E-state index in [1.165, 1.54) is 7.11 Å². The molecule has 0 aliphatic carbocycles. The van der Waals surface area contributed by atoms with Crippen molar-refractivity contribution in [3.63, 3.8) is 0 Å². The van der Waals surface area contributed by atoms with E-state index < -0.39 is 0 Å². The number of hydrogen-bond acceptors (Lipinski definition) is 4. The fourth-order valence-electron chi connectivity index (χ4n) is 2.29. The number of aliphatic hydroxyl groups excluding tert-OH is 1. The molecule has 0 saturated heterocycles. The summed E-state index contributed by atoms with van der Waals surface area (Å²) < 4.78 is 5.54. The number of aliphatic hydroxyl groups is 1. The van der Waals surface area contributed by atoms with E-state index in [-0.39, 0.29) is 12.1 Å². The molecule has 0 aromatic heterocycles. The molecule has 0 amide bonds. The van der Waals surface area contributed by atoms with Crippen LogP contribution in [0.1, 0.15) is 42.6 Å². The van der Waals surface area contributed by atoms with Crippen LogP contribution in [0.25, 0.3) is 0 Å². The molecular formula is C16H24BrNO3. The number of hydrogen-bond donors (Lipinski definition) is 2. The second-order valence-corrected chi connectivity index (χ2v) is 5.93. The molecule has 5 heteroatoms. The lowest BCUT2D eigenvalue weighted by Gasteiger charge is -2.20. The maximum absolute atomic E-state index is 11.4. The summed E-state index contributed by atoms with van der Waals surface area (Å²) in [6.07, 6.45) is 1.64. The van der Waals surface area contributed by atoms with Gasteiger partial charge in [0, 0.05) is 17.6 Å². The molecule has 0 aliphatic rings. The third kappa shape index (κ3) is 5.41. The average molecular weight is 358 g/mol. The van der Waals surface area contributed by atoms with Crippen LogP contribution < -0.4 is 5.32 Å². The molecule has 1 rings (SSSR count). The zero-order chi connectivity index (χ0) is 15.8. The Morgan fingerprint density at radius 1 is 1.38 bits per heavy atom. The Labute approximate surface area is 135 Å². The Morgan fingerprint density at radius 3 is 2.57 bits per heavy atom. The number of nitrogens with one attached hydrogen (secondary N) is 1. The Morgan fingerprint density at radius 2 is 2.05 bits per heavy atom. The second kappa shape index (κ2) is 9.18. The SMILES string of the molecule is CCC(CC)C(O)CNCc1ccc(C(=O)OC)cc1Br. The van der Waals surface area contributed by atoms with E-state index in [0.717, 1.165) is 22.9 Å². The molecular weight excluding hydrogens is 334 g/mol. The lowest BCUT2D eigenvalue weighted by Crippen LogP contribution is -2.32. The molecule has 1 aromatic carbocycles. The normalized spacial score (nSPS) is 12.5. The number of halogens is 1. The smallest absolute Gasteiger partial charge is 0.337 e. The Kier molecular flexibility index (Phi) is 7.93. The summed E-state index contributed by atoms with van der Waals surface area (Å²) in [6.45, 7) is 5.40. The number of carbonyl (C=O) groups is 1. The molecule has 118 valence electrons. The highest BCUT2D eigenvalue weighted by Crippen LogP contribution is 2.19. The minimum absolute atomic E-state index is 0.326. The van der Waals surface area contributed by atoms with Gasteiger partial charge in [0.1, 0.15) is 0 Å². The molecule has 1 unspecified atom stereocenters. The Hall–Kier alpha value is -0.910. The van der Waals surface area contributed by atoms with Crippen LogP contribution in [0.2, 0.25) is 0 Å². The second-order valence-electron chi connectivity index (χ2n) is 5.07. The Balaban J connectivity index is 2.54. The summed E-state index contributed by atoms with van der Waals surface area (Å²) in [7, 11) is 1.37. The maximum Gasteiger partial charge on any atom is 0.337 e. The van der Waals surface area contributed by atoms with Crippen LogP contribution in [-0.2, 0) is 11.3 Å². The Bertz CT molecular complexity index is 461. The van der Waals surface area contributed by atoms with Gasteiger partial charge in [0.15, 0.2) is 0 Å². The topological polar surface area (TPSA) is 58.6 Å². The first-order valence-electron chi connectivity index (χ1n) is 7.28. The van der Waals surface area contributed by atoms with Crippen molar-refractivity contribution in [2.75, 3.05) is 13.7 Å². The van der Waals surface area contributed by atoms with Gasteiger partial charge < -0.3 is 15.2 Å². The predicted octanol–water partition coefficient (Wildman–Crippen LogP) is 3.12. The largest absolute Gasteiger partial charge is 0.465 e. The quantitative estimate of drug-likeness (QED) is 0.701. The maximum atomic E-state index is 11.4. The summed E-state index contributed by atoms with van der Waals surface area (Å²) in [5.41, 5.74) is 1.56. The minimum atomic E-state index is -0.348. The van der Waals surface area contributed by atoms with Crippen LogP contribution >= 0.6 is 15.9 Å². The van der Waals surface area contributed by atoms with Gasteiger partial charge in [-0.1, -0.05) is 48.7 Å². The lowest BCUT2D eigenvalue weighted by molar-refractivity contribution is 0.0600. The molecule has 21 heavy (non-hydrogen) atoms. The van der Waals surface area contributed by atoms with Gasteiger partial charge in [0.25, 0.3) is 0 Å². The minimum Gasteiger partial charge on any atom is -0.465 e. The standard InChI is InChI=1S/C16H24BrNO3/c1-4-11(5-2)15(19)10-18-9-13-7-6-12(8-14(13)17)16(20)21-3/h6-8,11,15,18-19H,4-5,9-10H2,1-3H3. The van der Waals surface area contributed by atoms with Crippen LogP contribution in [0.4, 0.5) is 0 Å². The third-order valence-corrected chi connectivity index (χ3v) is 4.47. The van der Waals surface area contributed by atoms with Gasteiger partial charge in [0.2, 0.25) is 0 Å². The van der Waals surface area contributed by atoms with E-state index in [1.54, 1.807) is 12.1 Å². The summed E-state index contributed by atoms with van der Waals surface area (Å²) in [5.74, 6) is -0.0120. The fraction of sp³-hybridized carbons (Fsp3) is 0.562. The van der Waals surface area contributed by atoms with E-state index in [0.29, 0.717) is 24.6 Å². The fourth-order valence-corrected chi connectivity index (χ4v) is 2.81. The van der Waals surface area contributed by atoms with Crippen molar-refractivity contribution in [1.29, 1.82) is 0 Å². The summed E-state index contributed by atoms with van der Waals surface area (Å²) in [6, 6.07) is 5.37. The molecule has 4 nitrogen and oxygen atoms in total. The van der Waals surface area contributed by atoms with Gasteiger partial charge in [-0.25, -0.2) is 4.79 Å². The monoisotopic (exact) mass is 357 g/mol. The number of ether oxygens (including phenoxy) is 1. The van der Waals surface area contributed by atoms with E-state index in [9.17, 15) is 9.90 Å². The van der Waals surface area contributed by atoms with E-state index in [2.05, 4.69) is 39.8 Å². The molecule has 0 spiro atoms. The molecule has 0 radical (unpaired) electrons. The molecule has 0 heterocycles. The van der Waals surface area contributed by atoms with Gasteiger partial charge in [-0.3, -0.25) is 0 Å². The average Bonchev–Trinajstić information content (AvgIpc) is 2.49. The molecule has 0 aliphatic heterocycles. The molecule has 1 atom stereocenters. The number of benzene rings is 1. The first-order chi connectivity index (χ1) is 10.0. The number of carbonyl (C=O) groups excluding carboxylic acids is 1. The molecule has 0 bridgehead atoms. The summed E-state index contributed by atoms with van der Waals surface area (Å²) in [4.78, 5) is 11.4. The number of rotatable bonds is 8. The molecule has 2 N–H and O–H groups in total. The molecule has 0 fully saturated rings. The zero-order valence-corrected chi connectivity index (χ0v) is 14.4.